The van der Waals surface area contributed by atoms with Crippen LogP contribution < -0.4 is 10.2 Å². The lowest BCUT2D eigenvalue weighted by Gasteiger charge is -2.29. The molecule has 29 heavy (non-hydrogen) atoms. The Morgan fingerprint density at radius 1 is 0.966 bits per heavy atom. The van der Waals surface area contributed by atoms with Crippen LogP contribution in [0.2, 0.25) is 0 Å². The minimum absolute atomic E-state index is 0.182. The zero-order valence-corrected chi connectivity index (χ0v) is 16.6. The Morgan fingerprint density at radius 2 is 1.76 bits per heavy atom. The molecule has 5 nitrogen and oxygen atoms in total. The first kappa shape index (κ1) is 18.9. The van der Waals surface area contributed by atoms with E-state index in [1.165, 1.54) is 0 Å². The maximum Gasteiger partial charge on any atom is 0.276 e. The summed E-state index contributed by atoms with van der Waals surface area (Å²) in [6, 6.07) is 18.8. The molecule has 0 saturated carbocycles. The number of carbonyl (C=O) groups excluding carboxylic acids is 2. The first-order chi connectivity index (χ1) is 14.0. The van der Waals surface area contributed by atoms with Crippen LogP contribution in [0, 0.1) is 13.8 Å². The zero-order chi connectivity index (χ0) is 20.4. The summed E-state index contributed by atoms with van der Waals surface area (Å²) in [5.74, 6) is -0.510. The van der Waals surface area contributed by atoms with Gasteiger partial charge in [-0.1, -0.05) is 42.0 Å². The van der Waals surface area contributed by atoms with Crippen LogP contribution in [-0.2, 0) is 6.42 Å². The van der Waals surface area contributed by atoms with Crippen LogP contribution in [-0.4, -0.2) is 23.3 Å². The average molecular weight is 385 g/mol. The highest BCUT2D eigenvalue weighted by Crippen LogP contribution is 2.28. The van der Waals surface area contributed by atoms with Crippen molar-refractivity contribution in [3.05, 3.63) is 88.7 Å². The third kappa shape index (κ3) is 3.90. The second-order valence-corrected chi connectivity index (χ2v) is 7.37. The van der Waals surface area contributed by atoms with Gasteiger partial charge in [0.25, 0.3) is 11.8 Å². The van der Waals surface area contributed by atoms with Gasteiger partial charge in [-0.05, 0) is 62.1 Å². The van der Waals surface area contributed by atoms with E-state index >= 15 is 0 Å². The Balaban J connectivity index is 1.57. The van der Waals surface area contributed by atoms with Gasteiger partial charge in [0.15, 0.2) is 0 Å². The highest BCUT2D eigenvalue weighted by atomic mass is 16.2. The Bertz CT molecular complexity index is 1090. The lowest BCUT2D eigenvalue weighted by molar-refractivity contribution is 0.0980. The van der Waals surface area contributed by atoms with Crippen molar-refractivity contribution < 1.29 is 9.59 Å². The molecular weight excluding hydrogens is 362 g/mol. The van der Waals surface area contributed by atoms with Crippen molar-refractivity contribution in [3.63, 3.8) is 0 Å². The van der Waals surface area contributed by atoms with Crippen LogP contribution in [0.1, 0.15) is 44.1 Å². The quantitative estimate of drug-likeness (QED) is 0.720. The van der Waals surface area contributed by atoms with Gasteiger partial charge in [0.05, 0.1) is 0 Å². The maximum absolute atomic E-state index is 13.1. The molecule has 1 aliphatic rings. The highest BCUT2D eigenvalue weighted by molar-refractivity contribution is 6.07. The number of amides is 2. The van der Waals surface area contributed by atoms with Crippen LogP contribution >= 0.6 is 0 Å². The van der Waals surface area contributed by atoms with E-state index in [0.717, 1.165) is 40.9 Å². The van der Waals surface area contributed by atoms with Gasteiger partial charge >= 0.3 is 0 Å². The number of benzene rings is 2. The number of carbonyl (C=O) groups is 2. The number of anilines is 2. The van der Waals surface area contributed by atoms with E-state index in [2.05, 4.69) is 16.4 Å². The average Bonchev–Trinajstić information content (AvgIpc) is 2.75. The fraction of sp³-hybridized carbons (Fsp3) is 0.208. The number of pyridine rings is 1. The molecule has 0 bridgehead atoms. The molecule has 0 fully saturated rings. The van der Waals surface area contributed by atoms with Gasteiger partial charge in [-0.25, -0.2) is 4.98 Å². The van der Waals surface area contributed by atoms with Crippen LogP contribution in [0.4, 0.5) is 11.4 Å². The maximum atomic E-state index is 13.1. The number of hydrogen-bond donors (Lipinski definition) is 1. The third-order valence-corrected chi connectivity index (χ3v) is 5.19. The first-order valence-electron chi connectivity index (χ1n) is 9.78. The molecule has 2 aromatic carbocycles. The van der Waals surface area contributed by atoms with E-state index < -0.39 is 0 Å². The van der Waals surface area contributed by atoms with E-state index in [9.17, 15) is 9.59 Å². The van der Waals surface area contributed by atoms with Crippen molar-refractivity contribution in [2.45, 2.75) is 26.7 Å². The van der Waals surface area contributed by atoms with Gasteiger partial charge in [0.2, 0.25) is 0 Å². The van der Waals surface area contributed by atoms with Gasteiger partial charge in [-0.2, -0.15) is 0 Å². The molecule has 2 amide bonds. The molecule has 0 radical (unpaired) electrons. The minimum Gasteiger partial charge on any atom is -0.320 e. The molecule has 146 valence electrons. The minimum atomic E-state index is -0.328. The number of hydrogen-bond acceptors (Lipinski definition) is 3. The van der Waals surface area contributed by atoms with Gasteiger partial charge in [0, 0.05) is 17.9 Å². The van der Waals surface area contributed by atoms with Crippen molar-refractivity contribution >= 4 is 23.2 Å². The number of aryl methyl sites for hydroxylation is 3. The molecule has 1 aliphatic heterocycles. The van der Waals surface area contributed by atoms with Crippen LogP contribution in [0.15, 0.2) is 60.7 Å². The number of rotatable bonds is 3. The first-order valence-corrected chi connectivity index (χ1v) is 9.78. The van der Waals surface area contributed by atoms with E-state index in [1.807, 2.05) is 50.2 Å². The van der Waals surface area contributed by atoms with E-state index in [4.69, 9.17) is 0 Å². The molecule has 5 heteroatoms. The summed E-state index contributed by atoms with van der Waals surface area (Å²) in [5.41, 5.74) is 5.44. The second-order valence-electron chi connectivity index (χ2n) is 7.37. The van der Waals surface area contributed by atoms with Crippen molar-refractivity contribution in [2.75, 3.05) is 16.8 Å². The lowest BCUT2D eigenvalue weighted by atomic mass is 10.0. The summed E-state index contributed by atoms with van der Waals surface area (Å²) in [7, 11) is 0. The number of para-hydroxylation sites is 1. The van der Waals surface area contributed by atoms with Gasteiger partial charge in [0.1, 0.15) is 11.4 Å². The molecule has 0 spiro atoms. The summed E-state index contributed by atoms with van der Waals surface area (Å²) < 4.78 is 0. The van der Waals surface area contributed by atoms with Crippen molar-refractivity contribution in [1.82, 2.24) is 4.98 Å². The summed E-state index contributed by atoms with van der Waals surface area (Å²) >= 11 is 0. The Morgan fingerprint density at radius 3 is 2.59 bits per heavy atom. The molecular formula is C24H23N3O2. The van der Waals surface area contributed by atoms with E-state index in [-0.39, 0.29) is 23.2 Å². The molecule has 4 rings (SSSR count). The molecule has 0 aliphatic carbocycles. The normalized spacial score (nSPS) is 13.0. The third-order valence-electron chi connectivity index (χ3n) is 5.19. The monoisotopic (exact) mass is 385 g/mol. The van der Waals surface area contributed by atoms with Crippen molar-refractivity contribution in [3.8, 4) is 0 Å². The molecule has 0 saturated heterocycles. The molecule has 1 N–H and O–H groups in total. The summed E-state index contributed by atoms with van der Waals surface area (Å²) in [5, 5.41) is 2.89. The van der Waals surface area contributed by atoms with Gasteiger partial charge in [-0.3, -0.25) is 9.59 Å². The fourth-order valence-electron chi connectivity index (χ4n) is 3.70. The SMILES string of the molecule is Cc1ccc(NC(=O)c2cccc(C(=O)N3CCCc4ccccc43)n2)c(C)c1. The second kappa shape index (κ2) is 7.87. The lowest BCUT2D eigenvalue weighted by Crippen LogP contribution is -2.36. The van der Waals surface area contributed by atoms with Crippen LogP contribution in [0.25, 0.3) is 0 Å². The molecule has 3 aromatic rings. The van der Waals surface area contributed by atoms with Gasteiger partial charge in [-0.15, -0.1) is 0 Å². The molecule has 0 atom stereocenters. The van der Waals surface area contributed by atoms with Crippen molar-refractivity contribution in [2.24, 2.45) is 0 Å². The Kier molecular flexibility index (Phi) is 5.12. The Labute approximate surface area is 170 Å². The van der Waals surface area contributed by atoms with Crippen LogP contribution in [0.3, 0.4) is 0 Å². The topological polar surface area (TPSA) is 62.3 Å². The van der Waals surface area contributed by atoms with E-state index in [0.29, 0.717) is 6.54 Å². The predicted octanol–water partition coefficient (Wildman–Crippen LogP) is 4.54. The number of fused-ring (bicyclic) bond motifs is 1. The summed E-state index contributed by atoms with van der Waals surface area (Å²) in [4.78, 5) is 31.9. The predicted molar refractivity (Wildman–Crippen MR) is 115 cm³/mol. The number of aromatic nitrogens is 1. The standard InChI is InChI=1S/C24H23N3O2/c1-16-12-13-19(17(2)15-16)26-23(28)20-9-5-10-21(25-20)24(29)27-14-6-8-18-7-3-4-11-22(18)27/h3-5,7,9-13,15H,6,8,14H2,1-2H3,(H,26,28). The van der Waals surface area contributed by atoms with Gasteiger partial charge < -0.3 is 10.2 Å². The molecule has 0 unspecified atom stereocenters. The smallest absolute Gasteiger partial charge is 0.276 e. The zero-order valence-electron chi connectivity index (χ0n) is 16.6. The largest absolute Gasteiger partial charge is 0.320 e. The Hall–Kier alpha value is -3.47. The van der Waals surface area contributed by atoms with E-state index in [1.54, 1.807) is 23.1 Å². The number of nitrogens with zero attached hydrogens (tertiary/aromatic N) is 2. The van der Waals surface area contributed by atoms with Crippen molar-refractivity contribution in [1.29, 1.82) is 0 Å². The molecule has 2 heterocycles. The highest BCUT2D eigenvalue weighted by Gasteiger charge is 2.24. The number of nitrogens with one attached hydrogen (secondary N) is 1. The summed E-state index contributed by atoms with van der Waals surface area (Å²) in [6.07, 6.45) is 1.88. The fourth-order valence-corrected chi connectivity index (χ4v) is 3.70. The summed E-state index contributed by atoms with van der Waals surface area (Å²) in [6.45, 7) is 4.61. The van der Waals surface area contributed by atoms with Crippen LogP contribution in [0.5, 0.6) is 0 Å². The molecule has 1 aromatic heterocycles.